The molecular weight excluding hydrogens is 489 g/mol. The van der Waals surface area contributed by atoms with Gasteiger partial charge in [0.1, 0.15) is 12.1 Å². The lowest BCUT2D eigenvalue weighted by Gasteiger charge is -2.12. The molecule has 14 heteroatoms. The second-order valence-electron chi connectivity index (χ2n) is 6.66. The van der Waals surface area contributed by atoms with Crippen molar-refractivity contribution in [2.24, 2.45) is 0 Å². The lowest BCUT2D eigenvalue weighted by molar-refractivity contribution is -0.383. The molecule has 0 spiro atoms. The molecule has 0 aliphatic carbocycles. The van der Waals surface area contributed by atoms with Crippen LogP contribution in [0, 0.1) is 17.0 Å². The number of carbonyl (C=O) groups is 2. The van der Waals surface area contributed by atoms with Gasteiger partial charge in [-0.3, -0.25) is 41.4 Å². The lowest BCUT2D eigenvalue weighted by Crippen LogP contribution is -2.34. The number of hydrogen-bond acceptors (Lipinski definition) is 9. The number of carbonyl (C=O) groups excluding carboxylic acids is 2. The number of hydrazine groups is 2. The summed E-state index contributed by atoms with van der Waals surface area (Å²) >= 11 is 11.8. The Morgan fingerprint density at radius 2 is 1.68 bits per heavy atom. The van der Waals surface area contributed by atoms with Crippen LogP contribution in [-0.2, 0) is 4.79 Å². The van der Waals surface area contributed by atoms with Gasteiger partial charge in [0, 0.05) is 10.6 Å². The molecule has 2 aromatic carbocycles. The van der Waals surface area contributed by atoms with E-state index < -0.39 is 29.0 Å². The van der Waals surface area contributed by atoms with Crippen molar-refractivity contribution in [3.05, 3.63) is 80.1 Å². The molecule has 12 nitrogen and oxygen atoms in total. The molecule has 0 fully saturated rings. The number of hydrogen-bond donors (Lipinski definition) is 4. The molecule has 1 aromatic heterocycles. The zero-order chi connectivity index (χ0) is 24.7. The van der Waals surface area contributed by atoms with Gasteiger partial charge in [-0.15, -0.1) is 0 Å². The Morgan fingerprint density at radius 1 is 1.03 bits per heavy atom. The first-order chi connectivity index (χ1) is 16.2. The Bertz CT molecular complexity index is 1220. The molecule has 0 radical (unpaired) electrons. The molecule has 3 aromatic rings. The third-order valence-electron chi connectivity index (χ3n) is 4.19. The fraction of sp³-hybridized carbons (Fsp3) is 0.100. The first-order valence-corrected chi connectivity index (χ1v) is 10.3. The van der Waals surface area contributed by atoms with Gasteiger partial charge in [0.2, 0.25) is 11.6 Å². The predicted molar refractivity (Wildman–Crippen MR) is 125 cm³/mol. The maximum Gasteiger partial charge on any atom is 0.356 e. The summed E-state index contributed by atoms with van der Waals surface area (Å²) in [5.41, 5.74) is 9.98. The Labute approximate surface area is 202 Å². The van der Waals surface area contributed by atoms with Crippen LogP contribution in [0.5, 0.6) is 5.75 Å². The average Bonchev–Trinajstić information content (AvgIpc) is 2.80. The van der Waals surface area contributed by atoms with E-state index in [0.717, 1.165) is 11.9 Å². The fourth-order valence-electron chi connectivity index (χ4n) is 2.53. The minimum Gasteiger partial charge on any atom is -0.482 e. The SMILES string of the molecule is Cc1ccc(C(=O)NNc2ncnc(NNC(=O)COc3ccc(Cl)cc3Cl)c2[N+](=O)[O-])cc1. The molecule has 0 atom stereocenters. The third-order valence-corrected chi connectivity index (χ3v) is 4.72. The number of amides is 2. The molecule has 0 bridgehead atoms. The average molecular weight is 506 g/mol. The van der Waals surface area contributed by atoms with E-state index in [2.05, 4.69) is 31.7 Å². The second kappa shape index (κ2) is 11.1. The molecule has 2 amide bonds. The number of aryl methyl sites for hydroxylation is 1. The standard InChI is InChI=1S/C20H17Cl2N7O5/c1-11-2-4-12(5-3-11)20(31)28-27-19-17(29(32)33)18(23-10-24-19)26-25-16(30)9-34-15-7-6-13(21)8-14(15)22/h2-8,10H,9H2,1H3,(H,25,30)(H,28,31)(H2,23,24,26,27). The number of halogens is 2. The van der Waals surface area contributed by atoms with E-state index >= 15 is 0 Å². The normalized spacial score (nSPS) is 10.2. The molecule has 34 heavy (non-hydrogen) atoms. The van der Waals surface area contributed by atoms with E-state index in [1.165, 1.54) is 18.2 Å². The maximum atomic E-state index is 12.3. The largest absolute Gasteiger partial charge is 0.482 e. The highest BCUT2D eigenvalue weighted by Gasteiger charge is 2.24. The van der Waals surface area contributed by atoms with Crippen LogP contribution in [-0.4, -0.2) is 33.3 Å². The van der Waals surface area contributed by atoms with Crippen molar-refractivity contribution in [2.75, 3.05) is 17.5 Å². The number of ether oxygens (including phenoxy) is 1. The zero-order valence-corrected chi connectivity index (χ0v) is 19.0. The zero-order valence-electron chi connectivity index (χ0n) is 17.5. The summed E-state index contributed by atoms with van der Waals surface area (Å²) in [7, 11) is 0. The van der Waals surface area contributed by atoms with Gasteiger partial charge in [0.05, 0.1) is 9.95 Å². The third kappa shape index (κ3) is 6.43. The van der Waals surface area contributed by atoms with Gasteiger partial charge in [-0.25, -0.2) is 9.97 Å². The van der Waals surface area contributed by atoms with Crippen molar-refractivity contribution in [3.63, 3.8) is 0 Å². The van der Waals surface area contributed by atoms with Gasteiger partial charge < -0.3 is 4.74 Å². The van der Waals surface area contributed by atoms with Crippen LogP contribution in [0.1, 0.15) is 15.9 Å². The predicted octanol–water partition coefficient (Wildman–Crippen LogP) is 3.28. The molecule has 0 saturated heterocycles. The van der Waals surface area contributed by atoms with Crippen molar-refractivity contribution in [1.29, 1.82) is 0 Å². The van der Waals surface area contributed by atoms with Crippen molar-refractivity contribution in [2.45, 2.75) is 6.92 Å². The Balaban J connectivity index is 1.62. The first kappa shape index (κ1) is 24.5. The number of nitrogens with zero attached hydrogens (tertiary/aromatic N) is 3. The van der Waals surface area contributed by atoms with Gasteiger partial charge in [-0.1, -0.05) is 40.9 Å². The summed E-state index contributed by atoms with van der Waals surface area (Å²) in [5.74, 6) is -1.62. The highest BCUT2D eigenvalue weighted by molar-refractivity contribution is 6.35. The van der Waals surface area contributed by atoms with E-state index in [1.54, 1.807) is 24.3 Å². The molecule has 3 rings (SSSR count). The van der Waals surface area contributed by atoms with Crippen LogP contribution in [0.3, 0.4) is 0 Å². The molecule has 176 valence electrons. The quantitative estimate of drug-likeness (QED) is 0.252. The number of anilines is 2. The van der Waals surface area contributed by atoms with Crippen LogP contribution < -0.4 is 26.4 Å². The number of rotatable bonds is 9. The van der Waals surface area contributed by atoms with Crippen molar-refractivity contribution in [3.8, 4) is 5.75 Å². The Hall–Kier alpha value is -4.16. The summed E-state index contributed by atoms with van der Waals surface area (Å²) in [5, 5.41) is 12.2. The van der Waals surface area contributed by atoms with Crippen LogP contribution >= 0.6 is 23.2 Å². The highest BCUT2D eigenvalue weighted by Crippen LogP contribution is 2.28. The summed E-state index contributed by atoms with van der Waals surface area (Å²) in [4.78, 5) is 42.7. The molecule has 1 heterocycles. The molecule has 4 N–H and O–H groups in total. The smallest absolute Gasteiger partial charge is 0.356 e. The number of nitrogens with one attached hydrogen (secondary N) is 4. The summed E-state index contributed by atoms with van der Waals surface area (Å²) in [6.45, 7) is 1.42. The van der Waals surface area contributed by atoms with Crippen molar-refractivity contribution >= 4 is 52.3 Å². The molecular formula is C20H17Cl2N7O5. The fourth-order valence-corrected chi connectivity index (χ4v) is 2.99. The van der Waals surface area contributed by atoms with E-state index in [9.17, 15) is 19.7 Å². The van der Waals surface area contributed by atoms with Crippen molar-refractivity contribution in [1.82, 2.24) is 20.8 Å². The van der Waals surface area contributed by atoms with Gasteiger partial charge in [0.15, 0.2) is 6.61 Å². The summed E-state index contributed by atoms with van der Waals surface area (Å²) < 4.78 is 5.29. The van der Waals surface area contributed by atoms with Gasteiger partial charge in [-0.2, -0.15) is 0 Å². The Kier molecular flexibility index (Phi) is 8.01. The van der Waals surface area contributed by atoms with E-state index in [1.807, 2.05) is 6.92 Å². The topological polar surface area (TPSA) is 160 Å². The molecule has 0 saturated carbocycles. The molecule has 0 aliphatic heterocycles. The first-order valence-electron chi connectivity index (χ1n) is 9.49. The van der Waals surface area contributed by atoms with Crippen molar-refractivity contribution < 1.29 is 19.2 Å². The summed E-state index contributed by atoms with van der Waals surface area (Å²) in [6, 6.07) is 11.2. The molecule has 0 unspecified atom stereocenters. The van der Waals surface area contributed by atoms with Gasteiger partial charge in [-0.05, 0) is 37.3 Å². The van der Waals surface area contributed by atoms with E-state index in [4.69, 9.17) is 27.9 Å². The van der Waals surface area contributed by atoms with Crippen LogP contribution in [0.25, 0.3) is 0 Å². The molecule has 0 aliphatic rings. The van der Waals surface area contributed by atoms with E-state index in [-0.39, 0.29) is 22.4 Å². The highest BCUT2D eigenvalue weighted by atomic mass is 35.5. The lowest BCUT2D eigenvalue weighted by atomic mass is 10.1. The van der Waals surface area contributed by atoms with Crippen LogP contribution in [0.15, 0.2) is 48.8 Å². The van der Waals surface area contributed by atoms with Crippen LogP contribution in [0.4, 0.5) is 17.3 Å². The minimum absolute atomic E-state index is 0.211. The summed E-state index contributed by atoms with van der Waals surface area (Å²) in [6.07, 6.45) is 1.01. The second-order valence-corrected chi connectivity index (χ2v) is 7.50. The van der Waals surface area contributed by atoms with Crippen LogP contribution in [0.2, 0.25) is 10.0 Å². The number of aromatic nitrogens is 2. The maximum absolute atomic E-state index is 12.3. The van der Waals surface area contributed by atoms with Gasteiger partial charge >= 0.3 is 5.69 Å². The Morgan fingerprint density at radius 3 is 2.29 bits per heavy atom. The van der Waals surface area contributed by atoms with Gasteiger partial charge in [0.25, 0.3) is 11.8 Å². The minimum atomic E-state index is -0.779. The van der Waals surface area contributed by atoms with E-state index in [0.29, 0.717) is 10.6 Å². The monoisotopic (exact) mass is 505 g/mol. The number of nitro groups is 1. The number of benzene rings is 2.